The van der Waals surface area contributed by atoms with Gasteiger partial charge in [-0.25, -0.2) is 0 Å². The summed E-state index contributed by atoms with van der Waals surface area (Å²) in [6, 6.07) is 9.20. The van der Waals surface area contributed by atoms with Crippen molar-refractivity contribution in [1.82, 2.24) is 20.1 Å². The summed E-state index contributed by atoms with van der Waals surface area (Å²) in [5.74, 6) is -0.0487. The molecule has 10 heteroatoms. The highest BCUT2D eigenvalue weighted by atomic mass is 32.2. The summed E-state index contributed by atoms with van der Waals surface area (Å²) >= 11 is 1.31. The third kappa shape index (κ3) is 5.59. The summed E-state index contributed by atoms with van der Waals surface area (Å²) in [5.41, 5.74) is 5.91. The zero-order chi connectivity index (χ0) is 21.7. The van der Waals surface area contributed by atoms with Crippen LogP contribution in [0.5, 0.6) is 0 Å². The van der Waals surface area contributed by atoms with Gasteiger partial charge in [-0.3, -0.25) is 9.59 Å². The van der Waals surface area contributed by atoms with Gasteiger partial charge < -0.3 is 25.1 Å². The molecular weight excluding hydrogens is 406 g/mol. The van der Waals surface area contributed by atoms with E-state index in [1.165, 1.54) is 11.8 Å². The average molecular weight is 434 g/mol. The second-order valence-electron chi connectivity index (χ2n) is 7.71. The van der Waals surface area contributed by atoms with Crippen LogP contribution in [0.25, 0.3) is 0 Å². The van der Waals surface area contributed by atoms with Gasteiger partial charge in [0.05, 0.1) is 25.4 Å². The molecule has 1 saturated heterocycles. The molecule has 2 aromatic rings. The van der Waals surface area contributed by atoms with Gasteiger partial charge in [0, 0.05) is 13.5 Å². The summed E-state index contributed by atoms with van der Waals surface area (Å²) in [6.07, 6.45) is 0.632. The van der Waals surface area contributed by atoms with E-state index in [1.54, 1.807) is 25.5 Å². The van der Waals surface area contributed by atoms with E-state index < -0.39 is 11.6 Å². The van der Waals surface area contributed by atoms with E-state index in [0.29, 0.717) is 30.6 Å². The van der Waals surface area contributed by atoms with E-state index in [-0.39, 0.29) is 23.7 Å². The molecule has 1 aliphatic heterocycles. The van der Waals surface area contributed by atoms with E-state index in [9.17, 15) is 9.59 Å². The van der Waals surface area contributed by atoms with E-state index in [2.05, 4.69) is 15.5 Å². The molecule has 0 saturated carbocycles. The molecule has 3 N–H and O–H groups in total. The van der Waals surface area contributed by atoms with E-state index >= 15 is 0 Å². The molecule has 0 spiro atoms. The third-order valence-corrected chi connectivity index (χ3v) is 5.88. The molecule has 9 nitrogen and oxygen atoms in total. The molecule has 1 aromatic carbocycles. The molecule has 1 aliphatic rings. The van der Waals surface area contributed by atoms with E-state index in [1.807, 2.05) is 30.3 Å². The Hall–Kier alpha value is -2.43. The highest BCUT2D eigenvalue weighted by molar-refractivity contribution is 8.00. The number of esters is 1. The molecule has 2 heterocycles. The molecule has 162 valence electrons. The smallest absolute Gasteiger partial charge is 0.319 e. The summed E-state index contributed by atoms with van der Waals surface area (Å²) < 4.78 is 12.6. The standard InChI is InChI=1S/C20H27N5O4S/c1-20(2,21)18(27)22-14(12-28-11-13-7-5-4-6-8-13)16-23-24-19(25(16)3)30-15-9-10-29-17(15)26/h4-8,14-15H,9-12,21H2,1-3H3,(H,22,27). The lowest BCUT2D eigenvalue weighted by atomic mass is 10.1. The Morgan fingerprint density at radius 3 is 2.77 bits per heavy atom. The van der Waals surface area contributed by atoms with Crippen LogP contribution in [0.15, 0.2) is 35.5 Å². The minimum absolute atomic E-state index is 0.193. The quantitative estimate of drug-likeness (QED) is 0.568. The van der Waals surface area contributed by atoms with Crippen molar-refractivity contribution in [3.63, 3.8) is 0 Å². The van der Waals surface area contributed by atoms with Crippen LogP contribution in [-0.4, -0.2) is 50.6 Å². The lowest BCUT2D eigenvalue weighted by Gasteiger charge is -2.24. The monoisotopic (exact) mass is 433 g/mol. The topological polar surface area (TPSA) is 121 Å². The number of amides is 1. The summed E-state index contributed by atoms with van der Waals surface area (Å²) in [7, 11) is 1.79. The molecule has 2 unspecified atom stereocenters. The first kappa shape index (κ1) is 22.3. The van der Waals surface area contributed by atoms with Gasteiger partial charge >= 0.3 is 5.97 Å². The molecule has 1 fully saturated rings. The van der Waals surface area contributed by atoms with Crippen molar-refractivity contribution < 1.29 is 19.1 Å². The second kappa shape index (κ2) is 9.59. The minimum atomic E-state index is -1.05. The van der Waals surface area contributed by atoms with Crippen LogP contribution in [0.1, 0.15) is 37.7 Å². The van der Waals surface area contributed by atoms with Crippen molar-refractivity contribution in [3.05, 3.63) is 41.7 Å². The largest absolute Gasteiger partial charge is 0.465 e. The normalized spacial score (nSPS) is 17.6. The fraction of sp³-hybridized carbons (Fsp3) is 0.500. The summed E-state index contributed by atoms with van der Waals surface area (Å²) in [5, 5.41) is 11.6. The van der Waals surface area contributed by atoms with Crippen LogP contribution in [0.3, 0.4) is 0 Å². The lowest BCUT2D eigenvalue weighted by molar-refractivity contribution is -0.137. The number of hydrogen-bond acceptors (Lipinski definition) is 8. The maximum Gasteiger partial charge on any atom is 0.319 e. The number of ether oxygens (including phenoxy) is 2. The number of cyclic esters (lactones) is 1. The highest BCUT2D eigenvalue weighted by Crippen LogP contribution is 2.29. The zero-order valence-electron chi connectivity index (χ0n) is 17.3. The SMILES string of the molecule is Cn1c(SC2CCOC2=O)nnc1C(COCc1ccccc1)NC(=O)C(C)(C)N. The lowest BCUT2D eigenvalue weighted by Crippen LogP contribution is -2.51. The third-order valence-electron chi connectivity index (χ3n) is 4.60. The Morgan fingerprint density at radius 2 is 2.13 bits per heavy atom. The van der Waals surface area contributed by atoms with Crippen molar-refractivity contribution in [3.8, 4) is 0 Å². The van der Waals surface area contributed by atoms with Gasteiger partial charge in [-0.15, -0.1) is 10.2 Å². The Balaban J connectivity index is 1.73. The maximum atomic E-state index is 12.5. The summed E-state index contributed by atoms with van der Waals surface area (Å²) in [4.78, 5) is 24.3. The number of nitrogens with one attached hydrogen (secondary N) is 1. The van der Waals surface area contributed by atoms with Gasteiger partial charge in [0.2, 0.25) is 5.91 Å². The van der Waals surface area contributed by atoms with Gasteiger partial charge in [-0.1, -0.05) is 42.1 Å². The molecule has 1 aromatic heterocycles. The highest BCUT2D eigenvalue weighted by Gasteiger charge is 2.32. The molecule has 2 atom stereocenters. The average Bonchev–Trinajstić information content (AvgIpc) is 3.27. The van der Waals surface area contributed by atoms with E-state index in [4.69, 9.17) is 15.2 Å². The Bertz CT molecular complexity index is 881. The number of thioether (sulfide) groups is 1. The fourth-order valence-electron chi connectivity index (χ4n) is 2.84. The van der Waals surface area contributed by atoms with Gasteiger partial charge in [-0.2, -0.15) is 0 Å². The van der Waals surface area contributed by atoms with Crippen LogP contribution in [0, 0.1) is 0 Å². The number of nitrogens with two attached hydrogens (primary N) is 1. The number of aromatic nitrogens is 3. The second-order valence-corrected chi connectivity index (χ2v) is 8.88. The minimum Gasteiger partial charge on any atom is -0.465 e. The first-order valence-corrected chi connectivity index (χ1v) is 10.6. The van der Waals surface area contributed by atoms with Crippen molar-refractivity contribution >= 4 is 23.6 Å². The van der Waals surface area contributed by atoms with Gasteiger partial charge in [0.15, 0.2) is 11.0 Å². The number of hydrogen-bond donors (Lipinski definition) is 2. The molecular formula is C20H27N5O4S. The maximum absolute atomic E-state index is 12.5. The fourth-order valence-corrected chi connectivity index (χ4v) is 3.81. The Labute approximate surface area is 179 Å². The van der Waals surface area contributed by atoms with Crippen molar-refractivity contribution in [2.45, 2.75) is 48.9 Å². The number of carbonyl (C=O) groups is 2. The van der Waals surface area contributed by atoms with Crippen LogP contribution in [-0.2, 0) is 32.7 Å². The van der Waals surface area contributed by atoms with Crippen LogP contribution < -0.4 is 11.1 Å². The predicted octanol–water partition coefficient (Wildman–Crippen LogP) is 1.33. The predicted molar refractivity (Wildman–Crippen MR) is 111 cm³/mol. The molecule has 0 aliphatic carbocycles. The van der Waals surface area contributed by atoms with Crippen molar-refractivity contribution in [2.24, 2.45) is 12.8 Å². The van der Waals surface area contributed by atoms with Crippen LogP contribution in [0.2, 0.25) is 0 Å². The molecule has 3 rings (SSSR count). The number of carbonyl (C=O) groups excluding carboxylic acids is 2. The summed E-state index contributed by atoms with van der Waals surface area (Å²) in [6.45, 7) is 4.27. The van der Waals surface area contributed by atoms with Crippen molar-refractivity contribution in [2.75, 3.05) is 13.2 Å². The molecule has 30 heavy (non-hydrogen) atoms. The molecule has 0 bridgehead atoms. The van der Waals surface area contributed by atoms with E-state index in [0.717, 1.165) is 5.56 Å². The van der Waals surface area contributed by atoms with Crippen molar-refractivity contribution in [1.29, 1.82) is 0 Å². The van der Waals surface area contributed by atoms with Gasteiger partial charge in [-0.05, 0) is 19.4 Å². The number of nitrogens with zero attached hydrogens (tertiary/aromatic N) is 3. The van der Waals surface area contributed by atoms with Gasteiger partial charge in [0.1, 0.15) is 11.3 Å². The Kier molecular flexibility index (Phi) is 7.11. The van der Waals surface area contributed by atoms with Crippen LogP contribution >= 0.6 is 11.8 Å². The first-order chi connectivity index (χ1) is 14.3. The van der Waals surface area contributed by atoms with Gasteiger partial charge in [0.25, 0.3) is 0 Å². The Morgan fingerprint density at radius 1 is 1.40 bits per heavy atom. The van der Waals surface area contributed by atoms with Crippen LogP contribution in [0.4, 0.5) is 0 Å². The molecule has 0 radical (unpaired) electrons. The molecule has 1 amide bonds. The number of rotatable bonds is 9. The number of benzene rings is 1. The zero-order valence-corrected chi connectivity index (χ0v) is 18.1. The first-order valence-electron chi connectivity index (χ1n) is 9.70.